The van der Waals surface area contributed by atoms with E-state index in [1.807, 2.05) is 35.7 Å². The predicted octanol–water partition coefficient (Wildman–Crippen LogP) is 4.18. The Labute approximate surface area is 185 Å². The summed E-state index contributed by atoms with van der Waals surface area (Å²) >= 11 is 3.78. The Kier molecular flexibility index (Phi) is 6.62. The van der Waals surface area contributed by atoms with Crippen LogP contribution in [-0.4, -0.2) is 50.4 Å². The molecule has 0 spiro atoms. The van der Waals surface area contributed by atoms with Crippen molar-refractivity contribution in [3.63, 3.8) is 0 Å². The molecule has 0 aromatic heterocycles. The minimum atomic E-state index is -3.51. The number of carbonyl (C=O) groups excluding carboxylic acids is 1. The molecular formula is C21H23NO5S3. The van der Waals surface area contributed by atoms with Crippen LogP contribution in [0.2, 0.25) is 0 Å². The quantitative estimate of drug-likeness (QED) is 0.468. The summed E-state index contributed by atoms with van der Waals surface area (Å²) in [5, 5.41) is 0. The van der Waals surface area contributed by atoms with Gasteiger partial charge in [-0.3, -0.25) is 0 Å². The van der Waals surface area contributed by atoms with Gasteiger partial charge in [0.15, 0.2) is 11.5 Å². The molecule has 2 aliphatic heterocycles. The van der Waals surface area contributed by atoms with E-state index in [1.165, 1.54) is 28.6 Å². The molecule has 4 rings (SSSR count). The van der Waals surface area contributed by atoms with Crippen LogP contribution in [0.15, 0.2) is 47.4 Å². The molecule has 0 radical (unpaired) electrons. The number of methoxy groups -OCH3 is 1. The van der Waals surface area contributed by atoms with Gasteiger partial charge < -0.3 is 9.47 Å². The number of benzene rings is 2. The number of esters is 1. The lowest BCUT2D eigenvalue weighted by Gasteiger charge is -2.16. The topological polar surface area (TPSA) is 72.9 Å². The van der Waals surface area contributed by atoms with Crippen LogP contribution in [0, 0.1) is 0 Å². The van der Waals surface area contributed by atoms with Crippen molar-refractivity contribution in [3.05, 3.63) is 53.6 Å². The number of ether oxygens (including phenoxy) is 2. The van der Waals surface area contributed by atoms with Gasteiger partial charge in [-0.25, -0.2) is 13.2 Å². The fourth-order valence-corrected chi connectivity index (χ4v) is 7.82. The van der Waals surface area contributed by atoms with Gasteiger partial charge in [-0.2, -0.15) is 4.31 Å². The average molecular weight is 466 g/mol. The van der Waals surface area contributed by atoms with E-state index in [2.05, 4.69) is 0 Å². The Morgan fingerprint density at radius 1 is 1.00 bits per heavy atom. The van der Waals surface area contributed by atoms with Gasteiger partial charge in [-0.05, 0) is 54.8 Å². The van der Waals surface area contributed by atoms with Crippen LogP contribution in [0.5, 0.6) is 11.5 Å². The molecule has 0 saturated carbocycles. The molecule has 2 fully saturated rings. The third-order valence-electron chi connectivity index (χ3n) is 5.08. The summed E-state index contributed by atoms with van der Waals surface area (Å²) in [6, 6.07) is 11.5. The van der Waals surface area contributed by atoms with Crippen LogP contribution in [0.25, 0.3) is 0 Å². The zero-order valence-electron chi connectivity index (χ0n) is 16.6. The van der Waals surface area contributed by atoms with Gasteiger partial charge in [0.2, 0.25) is 10.0 Å². The summed E-state index contributed by atoms with van der Waals surface area (Å²) in [5.41, 5.74) is 1.42. The zero-order valence-corrected chi connectivity index (χ0v) is 19.0. The predicted molar refractivity (Wildman–Crippen MR) is 120 cm³/mol. The second-order valence-electron chi connectivity index (χ2n) is 7.01. The first kappa shape index (κ1) is 21.5. The molecule has 2 heterocycles. The highest BCUT2D eigenvalue weighted by molar-refractivity contribution is 8.19. The van der Waals surface area contributed by atoms with E-state index in [-0.39, 0.29) is 10.5 Å². The number of rotatable bonds is 6. The van der Waals surface area contributed by atoms with Gasteiger partial charge in [0.1, 0.15) is 0 Å². The lowest BCUT2D eigenvalue weighted by molar-refractivity contribution is 0.0729. The first-order valence-electron chi connectivity index (χ1n) is 9.72. The number of nitrogens with zero attached hydrogens (tertiary/aromatic N) is 1. The smallest absolute Gasteiger partial charge is 0.343 e. The number of sulfonamides is 1. The first-order chi connectivity index (χ1) is 14.5. The van der Waals surface area contributed by atoms with Crippen molar-refractivity contribution in [3.8, 4) is 11.5 Å². The van der Waals surface area contributed by atoms with Crippen molar-refractivity contribution in [2.24, 2.45) is 0 Å². The largest absolute Gasteiger partial charge is 0.493 e. The SMILES string of the molecule is COc1cc(C2SCCS2)ccc1OC(=O)c1ccc(S(=O)(=O)N2CCCC2)cc1. The normalized spacial score (nSPS) is 17.9. The van der Waals surface area contributed by atoms with Crippen LogP contribution >= 0.6 is 23.5 Å². The Morgan fingerprint density at radius 2 is 1.67 bits per heavy atom. The molecule has 0 unspecified atom stereocenters. The molecular weight excluding hydrogens is 442 g/mol. The van der Waals surface area contributed by atoms with Gasteiger partial charge in [-0.15, -0.1) is 23.5 Å². The Balaban J connectivity index is 1.48. The number of carbonyl (C=O) groups is 1. The fraction of sp³-hybridized carbons (Fsp3) is 0.381. The molecule has 30 heavy (non-hydrogen) atoms. The monoisotopic (exact) mass is 465 g/mol. The van der Waals surface area contributed by atoms with Crippen LogP contribution in [0.1, 0.15) is 33.3 Å². The maximum Gasteiger partial charge on any atom is 0.343 e. The van der Waals surface area contributed by atoms with Crippen LogP contribution in [0.3, 0.4) is 0 Å². The second-order valence-corrected chi connectivity index (χ2v) is 11.7. The van der Waals surface area contributed by atoms with E-state index in [1.54, 1.807) is 13.2 Å². The van der Waals surface area contributed by atoms with E-state index in [0.29, 0.717) is 29.2 Å². The third kappa shape index (κ3) is 4.49. The Bertz CT molecular complexity index is 1010. The van der Waals surface area contributed by atoms with E-state index < -0.39 is 16.0 Å². The molecule has 2 saturated heterocycles. The van der Waals surface area contributed by atoms with Gasteiger partial charge in [0.05, 0.1) is 22.2 Å². The van der Waals surface area contributed by atoms with Crippen molar-refractivity contribution in [2.45, 2.75) is 22.3 Å². The summed E-state index contributed by atoms with van der Waals surface area (Å²) < 4.78 is 38.0. The fourth-order valence-electron chi connectivity index (χ4n) is 3.47. The molecule has 2 aromatic carbocycles. The van der Waals surface area contributed by atoms with Gasteiger partial charge in [0, 0.05) is 24.6 Å². The molecule has 0 bridgehead atoms. The maximum atomic E-state index is 12.6. The number of hydrogen-bond donors (Lipinski definition) is 0. The lowest BCUT2D eigenvalue weighted by Crippen LogP contribution is -2.27. The standard InChI is InChI=1S/C21H23NO5S3/c1-26-19-14-16(21-28-12-13-29-21)6-9-18(19)27-20(23)15-4-7-17(8-5-15)30(24,25)22-10-2-3-11-22/h4-9,14,21H,2-3,10-13H2,1H3. The van der Waals surface area contributed by atoms with Gasteiger partial charge >= 0.3 is 5.97 Å². The van der Waals surface area contributed by atoms with Crippen LogP contribution < -0.4 is 9.47 Å². The summed E-state index contributed by atoms with van der Waals surface area (Å²) in [6.45, 7) is 1.08. The Hall–Kier alpha value is -1.68. The molecule has 0 N–H and O–H groups in total. The molecule has 0 amide bonds. The lowest BCUT2D eigenvalue weighted by atomic mass is 10.2. The summed E-state index contributed by atoms with van der Waals surface area (Å²) in [6.07, 6.45) is 1.75. The van der Waals surface area contributed by atoms with Crippen LogP contribution in [0.4, 0.5) is 0 Å². The van der Waals surface area contributed by atoms with E-state index >= 15 is 0 Å². The Morgan fingerprint density at radius 3 is 2.30 bits per heavy atom. The minimum absolute atomic E-state index is 0.189. The van der Waals surface area contributed by atoms with E-state index in [9.17, 15) is 13.2 Å². The summed E-state index contributed by atoms with van der Waals surface area (Å²) in [4.78, 5) is 12.8. The highest BCUT2D eigenvalue weighted by atomic mass is 32.2. The van der Waals surface area contributed by atoms with Crippen molar-refractivity contribution in [1.82, 2.24) is 4.31 Å². The molecule has 2 aromatic rings. The average Bonchev–Trinajstić information content (AvgIpc) is 3.48. The van der Waals surface area contributed by atoms with E-state index in [4.69, 9.17) is 9.47 Å². The van der Waals surface area contributed by atoms with E-state index in [0.717, 1.165) is 29.9 Å². The summed E-state index contributed by atoms with van der Waals surface area (Å²) in [5.74, 6) is 2.53. The van der Waals surface area contributed by atoms with Crippen molar-refractivity contribution in [1.29, 1.82) is 0 Å². The maximum absolute atomic E-state index is 12.6. The zero-order chi connectivity index (χ0) is 21.1. The first-order valence-corrected chi connectivity index (χ1v) is 13.3. The molecule has 160 valence electrons. The molecule has 0 aliphatic carbocycles. The highest BCUT2D eigenvalue weighted by Gasteiger charge is 2.27. The molecule has 2 aliphatic rings. The molecule has 0 atom stereocenters. The summed E-state index contributed by atoms with van der Waals surface area (Å²) in [7, 11) is -1.96. The second kappa shape index (κ2) is 9.21. The van der Waals surface area contributed by atoms with Crippen LogP contribution in [-0.2, 0) is 10.0 Å². The van der Waals surface area contributed by atoms with Gasteiger partial charge in [-0.1, -0.05) is 6.07 Å². The molecule has 9 heteroatoms. The highest BCUT2D eigenvalue weighted by Crippen LogP contribution is 2.47. The van der Waals surface area contributed by atoms with Crippen molar-refractivity contribution in [2.75, 3.05) is 31.7 Å². The van der Waals surface area contributed by atoms with Crippen molar-refractivity contribution < 1.29 is 22.7 Å². The molecule has 6 nitrogen and oxygen atoms in total. The van der Waals surface area contributed by atoms with Crippen molar-refractivity contribution >= 4 is 39.5 Å². The number of hydrogen-bond acceptors (Lipinski definition) is 7. The van der Waals surface area contributed by atoms with Gasteiger partial charge in [0.25, 0.3) is 0 Å². The number of thioether (sulfide) groups is 2. The third-order valence-corrected chi connectivity index (χ3v) is 10.1. The minimum Gasteiger partial charge on any atom is -0.493 e.